The maximum atomic E-state index is 11.9. The molecule has 100 valence electrons. The number of alkyl halides is 1. The van der Waals surface area contributed by atoms with Crippen molar-refractivity contribution in [2.45, 2.75) is 13.3 Å². The topological polar surface area (TPSA) is 38.3 Å². The summed E-state index contributed by atoms with van der Waals surface area (Å²) in [6, 6.07) is 5.71. The lowest BCUT2D eigenvalue weighted by Gasteiger charge is -2.08. The van der Waals surface area contributed by atoms with Crippen LogP contribution in [0, 0.1) is 6.92 Å². The van der Waals surface area contributed by atoms with Gasteiger partial charge in [-0.3, -0.25) is 4.79 Å². The highest BCUT2D eigenvalue weighted by Gasteiger charge is 2.09. The highest BCUT2D eigenvalue weighted by Crippen LogP contribution is 2.17. The average Bonchev–Trinajstić information content (AvgIpc) is 2.36. The average molecular weight is 335 g/mol. The quantitative estimate of drug-likeness (QED) is 0.614. The van der Waals surface area contributed by atoms with E-state index in [9.17, 15) is 4.79 Å². The van der Waals surface area contributed by atoms with Crippen molar-refractivity contribution >= 4 is 33.4 Å². The first-order valence-corrected chi connectivity index (χ1v) is 7.16. The number of hydrogen-bond acceptors (Lipinski definition) is 2. The number of rotatable bonds is 7. The molecule has 0 aliphatic carbocycles. The molecule has 0 fully saturated rings. The molecule has 0 spiro atoms. The van der Waals surface area contributed by atoms with Crippen LogP contribution in [0.3, 0.4) is 0 Å². The highest BCUT2D eigenvalue weighted by atomic mass is 79.9. The lowest BCUT2D eigenvalue weighted by Crippen LogP contribution is -2.25. The van der Waals surface area contributed by atoms with Crippen LogP contribution in [0.5, 0.6) is 0 Å². The van der Waals surface area contributed by atoms with Gasteiger partial charge in [-0.25, -0.2) is 0 Å². The monoisotopic (exact) mass is 333 g/mol. The summed E-state index contributed by atoms with van der Waals surface area (Å²) in [5.74, 6) is 0.436. The van der Waals surface area contributed by atoms with Crippen LogP contribution in [-0.4, -0.2) is 31.5 Å². The van der Waals surface area contributed by atoms with Crippen LogP contribution < -0.4 is 5.32 Å². The Kier molecular flexibility index (Phi) is 7.32. The van der Waals surface area contributed by atoms with Gasteiger partial charge in [0.1, 0.15) is 0 Å². The first-order valence-electron chi connectivity index (χ1n) is 5.83. The van der Waals surface area contributed by atoms with E-state index in [2.05, 4.69) is 21.2 Å². The number of benzene rings is 1. The van der Waals surface area contributed by atoms with Gasteiger partial charge >= 0.3 is 0 Å². The largest absolute Gasteiger partial charge is 0.380 e. The molecule has 1 N–H and O–H groups in total. The molecule has 0 saturated heterocycles. The molecule has 1 amide bonds. The Bertz CT molecular complexity index is 399. The van der Waals surface area contributed by atoms with Crippen molar-refractivity contribution in [2.24, 2.45) is 0 Å². The van der Waals surface area contributed by atoms with Crippen molar-refractivity contribution < 1.29 is 9.53 Å². The fraction of sp³-hybridized carbons (Fsp3) is 0.462. The van der Waals surface area contributed by atoms with Crippen molar-refractivity contribution in [3.8, 4) is 0 Å². The summed E-state index contributed by atoms with van der Waals surface area (Å²) < 4.78 is 6.03. The van der Waals surface area contributed by atoms with Crippen LogP contribution in [0.25, 0.3) is 0 Å². The van der Waals surface area contributed by atoms with Crippen molar-refractivity contribution in [3.05, 3.63) is 33.8 Å². The predicted octanol–water partition coefficient (Wildman–Crippen LogP) is 3.13. The van der Waals surface area contributed by atoms with Gasteiger partial charge in [-0.05, 0) is 41.4 Å². The third-order valence-corrected chi connectivity index (χ3v) is 3.18. The lowest BCUT2D eigenvalue weighted by atomic mass is 10.1. The van der Waals surface area contributed by atoms with E-state index in [4.69, 9.17) is 16.3 Å². The Morgan fingerprint density at radius 1 is 1.44 bits per heavy atom. The van der Waals surface area contributed by atoms with Crippen LogP contribution in [-0.2, 0) is 4.74 Å². The summed E-state index contributed by atoms with van der Waals surface area (Å²) in [6.07, 6.45) is 0.784. The van der Waals surface area contributed by atoms with Crippen molar-refractivity contribution in [1.29, 1.82) is 0 Å². The number of hydrogen-bond donors (Lipinski definition) is 1. The normalized spacial score (nSPS) is 10.4. The second-order valence-corrected chi connectivity index (χ2v) is 5.13. The number of aryl methyl sites for hydroxylation is 1. The molecule has 0 radical (unpaired) electrons. The van der Waals surface area contributed by atoms with Crippen LogP contribution in [0.1, 0.15) is 22.3 Å². The maximum absolute atomic E-state index is 11.9. The molecule has 1 aromatic carbocycles. The van der Waals surface area contributed by atoms with E-state index in [0.717, 1.165) is 16.5 Å². The van der Waals surface area contributed by atoms with E-state index in [1.165, 1.54) is 0 Å². The van der Waals surface area contributed by atoms with Crippen LogP contribution in [0.4, 0.5) is 0 Å². The van der Waals surface area contributed by atoms with Gasteiger partial charge in [-0.1, -0.05) is 11.6 Å². The minimum atomic E-state index is -0.0667. The second-order valence-electron chi connectivity index (χ2n) is 3.89. The lowest BCUT2D eigenvalue weighted by molar-refractivity contribution is 0.0943. The number of ether oxygens (including phenoxy) is 1. The Balaban J connectivity index is 2.34. The summed E-state index contributed by atoms with van der Waals surface area (Å²) in [5.41, 5.74) is 1.73. The molecule has 3 nitrogen and oxygen atoms in total. The fourth-order valence-corrected chi connectivity index (χ4v) is 1.98. The van der Waals surface area contributed by atoms with E-state index in [-0.39, 0.29) is 5.91 Å². The third-order valence-electron chi connectivity index (χ3n) is 2.34. The van der Waals surface area contributed by atoms with Crippen LogP contribution >= 0.6 is 27.5 Å². The zero-order chi connectivity index (χ0) is 13.4. The summed E-state index contributed by atoms with van der Waals surface area (Å²) in [6.45, 7) is 3.73. The summed E-state index contributed by atoms with van der Waals surface area (Å²) in [5, 5.41) is 2.86. The summed E-state index contributed by atoms with van der Waals surface area (Å²) in [7, 11) is 0. The Hall–Kier alpha value is -0.580. The number of nitrogens with one attached hydrogen (secondary N) is 1. The highest BCUT2D eigenvalue weighted by molar-refractivity contribution is 9.10. The molecule has 1 aromatic rings. The molecule has 0 saturated carbocycles. The van der Waals surface area contributed by atoms with E-state index in [1.807, 2.05) is 25.1 Å². The van der Waals surface area contributed by atoms with Gasteiger partial charge in [0.2, 0.25) is 0 Å². The number of halogens is 2. The zero-order valence-electron chi connectivity index (χ0n) is 10.3. The van der Waals surface area contributed by atoms with Gasteiger partial charge in [0.25, 0.3) is 5.91 Å². The first-order chi connectivity index (χ1) is 8.65. The molecule has 0 aliphatic heterocycles. The molecular weight excluding hydrogens is 318 g/mol. The van der Waals surface area contributed by atoms with Gasteiger partial charge in [0, 0.05) is 23.5 Å². The van der Waals surface area contributed by atoms with Crippen LogP contribution in [0.15, 0.2) is 22.7 Å². The fourth-order valence-electron chi connectivity index (χ4n) is 1.44. The van der Waals surface area contributed by atoms with Crippen molar-refractivity contribution in [2.75, 3.05) is 25.6 Å². The number of carbonyl (C=O) groups is 1. The van der Waals surface area contributed by atoms with Crippen LogP contribution in [0.2, 0.25) is 0 Å². The Morgan fingerprint density at radius 2 is 2.22 bits per heavy atom. The molecule has 0 aromatic heterocycles. The van der Waals surface area contributed by atoms with Crippen molar-refractivity contribution in [1.82, 2.24) is 5.32 Å². The van der Waals surface area contributed by atoms with Gasteiger partial charge < -0.3 is 10.1 Å². The van der Waals surface area contributed by atoms with Gasteiger partial charge in [0.15, 0.2) is 0 Å². The molecule has 0 bridgehead atoms. The predicted molar refractivity (Wildman–Crippen MR) is 77.4 cm³/mol. The molecule has 18 heavy (non-hydrogen) atoms. The SMILES string of the molecule is Cc1ccc(Br)c(C(=O)NCCCOCCCl)c1. The molecule has 0 unspecified atom stereocenters. The third kappa shape index (κ3) is 5.38. The standard InChI is InChI=1S/C13H17BrClNO2/c1-10-3-4-12(14)11(9-10)13(17)16-6-2-7-18-8-5-15/h3-4,9H,2,5-8H2,1H3,(H,16,17). The minimum absolute atomic E-state index is 0.0667. The second kappa shape index (κ2) is 8.51. The molecule has 0 aliphatic rings. The Labute approximate surface area is 121 Å². The molecular formula is C13H17BrClNO2. The van der Waals surface area contributed by atoms with E-state index >= 15 is 0 Å². The number of amides is 1. The van der Waals surface area contributed by atoms with Gasteiger partial charge in [-0.2, -0.15) is 0 Å². The molecule has 1 rings (SSSR count). The van der Waals surface area contributed by atoms with Gasteiger partial charge in [0.05, 0.1) is 12.2 Å². The summed E-state index contributed by atoms with van der Waals surface area (Å²) in [4.78, 5) is 11.9. The maximum Gasteiger partial charge on any atom is 0.252 e. The zero-order valence-corrected chi connectivity index (χ0v) is 12.7. The van der Waals surface area contributed by atoms with E-state index < -0.39 is 0 Å². The van der Waals surface area contributed by atoms with E-state index in [0.29, 0.717) is 31.2 Å². The summed E-state index contributed by atoms with van der Waals surface area (Å²) >= 11 is 8.85. The molecule has 5 heteroatoms. The Morgan fingerprint density at radius 3 is 2.94 bits per heavy atom. The van der Waals surface area contributed by atoms with Crippen molar-refractivity contribution in [3.63, 3.8) is 0 Å². The van der Waals surface area contributed by atoms with Gasteiger partial charge in [-0.15, -0.1) is 11.6 Å². The number of carbonyl (C=O) groups excluding carboxylic acids is 1. The first kappa shape index (κ1) is 15.5. The molecule has 0 atom stereocenters. The van der Waals surface area contributed by atoms with E-state index in [1.54, 1.807) is 0 Å². The molecule has 0 heterocycles. The minimum Gasteiger partial charge on any atom is -0.380 e. The smallest absolute Gasteiger partial charge is 0.252 e.